The van der Waals surface area contributed by atoms with Crippen LogP contribution in [0, 0.1) is 0 Å². The van der Waals surface area contributed by atoms with Gasteiger partial charge in [0.1, 0.15) is 0 Å². The van der Waals surface area contributed by atoms with Gasteiger partial charge >= 0.3 is 0 Å². The van der Waals surface area contributed by atoms with Crippen LogP contribution in [0.1, 0.15) is 0 Å². The molecule has 0 aliphatic rings. The van der Waals surface area contributed by atoms with Crippen LogP contribution in [0.4, 0.5) is 0 Å². The van der Waals surface area contributed by atoms with Crippen molar-refractivity contribution in [3.05, 3.63) is 121 Å². The van der Waals surface area contributed by atoms with Crippen molar-refractivity contribution in [3.8, 4) is 5.69 Å². The van der Waals surface area contributed by atoms with E-state index < -0.39 is 0 Å². The van der Waals surface area contributed by atoms with Crippen molar-refractivity contribution in [2.45, 2.75) is 0 Å². The van der Waals surface area contributed by atoms with Crippen LogP contribution in [0.15, 0.2) is 121 Å². The van der Waals surface area contributed by atoms with E-state index in [0.717, 1.165) is 0 Å². The average molecular weight is 457 g/mol. The minimum Gasteiger partial charge on any atom is -0.309 e. The quantitative estimate of drug-likeness (QED) is 0.233. The first-order chi connectivity index (χ1) is 17.9. The molecule has 2 nitrogen and oxygen atoms in total. The van der Waals surface area contributed by atoms with E-state index in [1.54, 1.807) is 0 Å². The van der Waals surface area contributed by atoms with Gasteiger partial charge in [-0.05, 0) is 53.2 Å². The molecule has 3 heterocycles. The molecule has 3 aromatic heterocycles. The van der Waals surface area contributed by atoms with Crippen molar-refractivity contribution in [3.63, 3.8) is 0 Å². The van der Waals surface area contributed by atoms with Crippen LogP contribution in [0.25, 0.3) is 76.4 Å². The summed E-state index contributed by atoms with van der Waals surface area (Å²) in [4.78, 5) is 0. The van der Waals surface area contributed by atoms with Crippen molar-refractivity contribution >= 4 is 70.7 Å². The lowest BCUT2D eigenvalue weighted by atomic mass is 9.99. The third kappa shape index (κ3) is 2.14. The van der Waals surface area contributed by atoms with Gasteiger partial charge in [-0.3, -0.25) is 0 Å². The molecule has 2 heteroatoms. The Morgan fingerprint density at radius 2 is 1.06 bits per heavy atom. The molecule has 0 atom stereocenters. The topological polar surface area (TPSA) is 9.34 Å². The molecule has 0 fully saturated rings. The summed E-state index contributed by atoms with van der Waals surface area (Å²) in [6.07, 6.45) is 0. The standard InChI is InChI=1S/C34H20N2/c1-2-11-22(12-3-1)35-29-16-8-6-14-24(29)26-19-28-32(20-31(26)35)36-30-17-9-7-15-25(30)27-18-21-10-4-5-13-23(21)33(28)34(27)36/h1-20H. The lowest BCUT2D eigenvalue weighted by molar-refractivity contribution is 1.18. The van der Waals surface area contributed by atoms with Crippen molar-refractivity contribution < 1.29 is 0 Å². The molecule has 0 saturated carbocycles. The number of aromatic nitrogens is 2. The zero-order chi connectivity index (χ0) is 23.4. The summed E-state index contributed by atoms with van der Waals surface area (Å²) in [6, 6.07) is 44.4. The Bertz CT molecular complexity index is 2300. The molecular weight excluding hydrogens is 436 g/mol. The zero-order valence-electron chi connectivity index (χ0n) is 19.4. The number of rotatable bonds is 1. The molecule has 0 saturated heterocycles. The second-order valence-corrected chi connectivity index (χ2v) is 9.80. The molecule has 0 spiro atoms. The molecule has 0 unspecified atom stereocenters. The van der Waals surface area contributed by atoms with Gasteiger partial charge in [-0.25, -0.2) is 0 Å². The van der Waals surface area contributed by atoms with E-state index in [9.17, 15) is 0 Å². The van der Waals surface area contributed by atoms with Gasteiger partial charge in [-0.15, -0.1) is 0 Å². The third-order valence-electron chi connectivity index (χ3n) is 8.00. The van der Waals surface area contributed by atoms with E-state index in [2.05, 4.69) is 130 Å². The Hall–Kier alpha value is -4.82. The highest BCUT2D eigenvalue weighted by atomic mass is 15.0. The first-order valence-corrected chi connectivity index (χ1v) is 12.5. The van der Waals surface area contributed by atoms with Crippen LogP contribution in [-0.2, 0) is 0 Å². The predicted molar refractivity (Wildman–Crippen MR) is 153 cm³/mol. The maximum Gasteiger partial charge on any atom is 0.0626 e. The van der Waals surface area contributed by atoms with Gasteiger partial charge in [0.2, 0.25) is 0 Å². The fourth-order valence-electron chi connectivity index (χ4n) is 6.56. The van der Waals surface area contributed by atoms with Crippen molar-refractivity contribution in [2.24, 2.45) is 0 Å². The van der Waals surface area contributed by atoms with E-state index in [-0.39, 0.29) is 0 Å². The smallest absolute Gasteiger partial charge is 0.0626 e. The van der Waals surface area contributed by atoms with Gasteiger partial charge in [-0.1, -0.05) is 78.9 Å². The Balaban J connectivity index is 1.61. The SMILES string of the molecule is c1ccc(-n2c3ccccc3c3cc4c5c6ccccc6cc6c7ccccc7n(c4cc32)c65)cc1. The van der Waals surface area contributed by atoms with Crippen LogP contribution >= 0.6 is 0 Å². The van der Waals surface area contributed by atoms with Crippen LogP contribution in [0.2, 0.25) is 0 Å². The number of hydrogen-bond donors (Lipinski definition) is 0. The van der Waals surface area contributed by atoms with Crippen molar-refractivity contribution in [2.75, 3.05) is 0 Å². The molecule has 9 aromatic rings. The third-order valence-corrected chi connectivity index (χ3v) is 8.00. The maximum absolute atomic E-state index is 2.49. The van der Waals surface area contributed by atoms with Crippen molar-refractivity contribution in [1.29, 1.82) is 0 Å². The largest absolute Gasteiger partial charge is 0.309 e. The van der Waals surface area contributed by atoms with Gasteiger partial charge in [0.15, 0.2) is 0 Å². The molecule has 0 aliphatic heterocycles. The minimum absolute atomic E-state index is 1.19. The average Bonchev–Trinajstić information content (AvgIpc) is 3.56. The summed E-state index contributed by atoms with van der Waals surface area (Å²) >= 11 is 0. The van der Waals surface area contributed by atoms with E-state index in [1.807, 2.05) is 0 Å². The van der Waals surface area contributed by atoms with Crippen LogP contribution in [-0.4, -0.2) is 8.97 Å². The highest BCUT2D eigenvalue weighted by molar-refractivity contribution is 6.33. The fraction of sp³-hybridized carbons (Fsp3) is 0. The molecule has 0 N–H and O–H groups in total. The molecule has 0 amide bonds. The normalized spacial score (nSPS) is 12.4. The summed E-state index contributed by atoms with van der Waals surface area (Å²) in [6.45, 7) is 0. The Kier molecular flexibility index (Phi) is 3.31. The fourth-order valence-corrected chi connectivity index (χ4v) is 6.56. The first-order valence-electron chi connectivity index (χ1n) is 12.5. The molecule has 166 valence electrons. The lowest BCUT2D eigenvalue weighted by Crippen LogP contribution is -1.93. The number of para-hydroxylation sites is 3. The van der Waals surface area contributed by atoms with Crippen LogP contribution in [0.3, 0.4) is 0 Å². The van der Waals surface area contributed by atoms with Gasteiger partial charge < -0.3 is 8.97 Å². The Morgan fingerprint density at radius 1 is 0.389 bits per heavy atom. The monoisotopic (exact) mass is 456 g/mol. The lowest BCUT2D eigenvalue weighted by Gasteiger charge is -2.08. The molecule has 0 radical (unpaired) electrons. The Morgan fingerprint density at radius 3 is 1.89 bits per heavy atom. The Labute approximate surface area is 206 Å². The number of fused-ring (bicyclic) bond motifs is 11. The number of nitrogens with zero attached hydrogens (tertiary/aromatic N) is 2. The van der Waals surface area contributed by atoms with Crippen LogP contribution < -0.4 is 0 Å². The highest BCUT2D eigenvalue weighted by Gasteiger charge is 2.22. The molecular formula is C34H20N2. The second-order valence-electron chi connectivity index (χ2n) is 9.80. The van der Waals surface area contributed by atoms with E-state index in [0.29, 0.717) is 0 Å². The van der Waals surface area contributed by atoms with E-state index in [4.69, 9.17) is 0 Å². The highest BCUT2D eigenvalue weighted by Crippen LogP contribution is 2.45. The van der Waals surface area contributed by atoms with Crippen molar-refractivity contribution in [1.82, 2.24) is 8.97 Å². The first kappa shape index (κ1) is 18.5. The predicted octanol–water partition coefficient (Wildman–Crippen LogP) is 9.09. The second kappa shape index (κ2) is 6.44. The molecule has 0 bridgehead atoms. The summed E-state index contributed by atoms with van der Waals surface area (Å²) in [7, 11) is 0. The minimum atomic E-state index is 1.19. The van der Waals surface area contributed by atoms with Crippen LogP contribution in [0.5, 0.6) is 0 Å². The van der Waals surface area contributed by atoms with E-state index >= 15 is 0 Å². The molecule has 9 rings (SSSR count). The summed E-state index contributed by atoms with van der Waals surface area (Å²) in [5.74, 6) is 0. The molecule has 0 aliphatic carbocycles. The summed E-state index contributed by atoms with van der Waals surface area (Å²) < 4.78 is 4.91. The van der Waals surface area contributed by atoms with Gasteiger partial charge in [0, 0.05) is 38.0 Å². The van der Waals surface area contributed by atoms with E-state index in [1.165, 1.54) is 76.4 Å². The van der Waals surface area contributed by atoms with Gasteiger partial charge in [0.25, 0.3) is 0 Å². The summed E-state index contributed by atoms with van der Waals surface area (Å²) in [5, 5.41) is 10.5. The maximum atomic E-state index is 2.49. The number of hydrogen-bond acceptors (Lipinski definition) is 0. The van der Waals surface area contributed by atoms with Gasteiger partial charge in [0.05, 0.1) is 27.6 Å². The zero-order valence-corrected chi connectivity index (χ0v) is 19.4. The van der Waals surface area contributed by atoms with Gasteiger partial charge in [-0.2, -0.15) is 0 Å². The molecule has 36 heavy (non-hydrogen) atoms. The number of benzene rings is 6. The molecule has 6 aromatic carbocycles. The summed E-state index contributed by atoms with van der Waals surface area (Å²) in [5.41, 5.74) is 7.53.